The highest BCUT2D eigenvalue weighted by Crippen LogP contribution is 2.12. The molecule has 1 atom stereocenters. The molecule has 7 heteroatoms. The summed E-state index contributed by atoms with van der Waals surface area (Å²) in [5.41, 5.74) is 7.13. The normalized spacial score (nSPS) is 12.0. The summed E-state index contributed by atoms with van der Waals surface area (Å²) in [5.74, 6) is -0.963. The Kier molecular flexibility index (Phi) is 7.57. The summed E-state index contributed by atoms with van der Waals surface area (Å²) in [7, 11) is -4.09. The molecule has 2 aromatic carbocycles. The number of carbonyl (C=O) groups is 1. The van der Waals surface area contributed by atoms with E-state index in [1.165, 1.54) is 24.6 Å². The number of hydrogen-bond donors (Lipinski definition) is 3. The van der Waals surface area contributed by atoms with Crippen molar-refractivity contribution in [3.63, 3.8) is 0 Å². The molecule has 0 aliphatic rings. The van der Waals surface area contributed by atoms with Crippen molar-refractivity contribution in [2.45, 2.75) is 30.7 Å². The Hall–Kier alpha value is -2.22. The molecule has 24 heavy (non-hydrogen) atoms. The Labute approximate surface area is 141 Å². The van der Waals surface area contributed by atoms with Crippen LogP contribution in [0, 0.1) is 0 Å². The van der Waals surface area contributed by atoms with Gasteiger partial charge in [0, 0.05) is 0 Å². The van der Waals surface area contributed by atoms with E-state index in [4.69, 9.17) is 15.4 Å². The van der Waals surface area contributed by atoms with Crippen LogP contribution in [-0.2, 0) is 27.8 Å². The van der Waals surface area contributed by atoms with E-state index in [0.29, 0.717) is 0 Å². The van der Waals surface area contributed by atoms with Crippen molar-refractivity contribution < 1.29 is 22.9 Å². The van der Waals surface area contributed by atoms with E-state index in [0.717, 1.165) is 18.4 Å². The molecule has 0 aliphatic carbocycles. The third-order valence-corrected chi connectivity index (χ3v) is 4.02. The van der Waals surface area contributed by atoms with Crippen LogP contribution in [0.5, 0.6) is 0 Å². The molecule has 130 valence electrons. The van der Waals surface area contributed by atoms with E-state index in [-0.39, 0.29) is 4.90 Å². The lowest BCUT2D eigenvalue weighted by molar-refractivity contribution is -0.138. The minimum atomic E-state index is -4.09. The van der Waals surface area contributed by atoms with Gasteiger partial charge in [-0.2, -0.15) is 8.42 Å². The van der Waals surface area contributed by atoms with E-state index in [1.54, 1.807) is 12.1 Å². The summed E-state index contributed by atoms with van der Waals surface area (Å²) in [4.78, 5) is 9.51. The quantitative estimate of drug-likeness (QED) is 0.710. The third kappa shape index (κ3) is 7.36. The molecule has 0 aromatic heterocycles. The highest BCUT2D eigenvalue weighted by molar-refractivity contribution is 7.85. The number of aryl methyl sites for hydroxylation is 2. The van der Waals surface area contributed by atoms with Gasteiger partial charge in [0.1, 0.15) is 6.04 Å². The SMILES string of the molecule is C[C@H](N)C(=O)O.O=S(=O)(O)c1ccc(CCc2ccccc2)cc1. The average molecular weight is 351 g/mol. The van der Waals surface area contributed by atoms with Gasteiger partial charge in [0.2, 0.25) is 0 Å². The molecule has 0 unspecified atom stereocenters. The number of carboxylic acids is 1. The van der Waals surface area contributed by atoms with Gasteiger partial charge in [-0.1, -0.05) is 42.5 Å². The lowest BCUT2D eigenvalue weighted by atomic mass is 10.0. The van der Waals surface area contributed by atoms with Crippen molar-refractivity contribution >= 4 is 16.1 Å². The fourth-order valence-electron chi connectivity index (χ4n) is 1.76. The first kappa shape index (κ1) is 19.8. The molecule has 6 nitrogen and oxygen atoms in total. The van der Waals surface area contributed by atoms with Gasteiger partial charge in [0.15, 0.2) is 0 Å². The van der Waals surface area contributed by atoms with Gasteiger partial charge in [0.25, 0.3) is 10.1 Å². The van der Waals surface area contributed by atoms with Crippen molar-refractivity contribution in [1.82, 2.24) is 0 Å². The highest BCUT2D eigenvalue weighted by Gasteiger charge is 2.08. The molecule has 2 aromatic rings. The molecule has 0 saturated carbocycles. The third-order valence-electron chi connectivity index (χ3n) is 3.16. The summed E-state index contributed by atoms with van der Waals surface area (Å²) >= 11 is 0. The second-order valence-corrected chi connectivity index (χ2v) is 6.65. The minimum Gasteiger partial charge on any atom is -0.480 e. The van der Waals surface area contributed by atoms with Crippen molar-refractivity contribution in [3.05, 3.63) is 65.7 Å². The number of rotatable bonds is 5. The molecular weight excluding hydrogens is 330 g/mol. The molecule has 0 radical (unpaired) electrons. The molecule has 0 heterocycles. The smallest absolute Gasteiger partial charge is 0.320 e. The van der Waals surface area contributed by atoms with Gasteiger partial charge >= 0.3 is 5.97 Å². The summed E-state index contributed by atoms with van der Waals surface area (Å²) in [6.45, 7) is 1.42. The summed E-state index contributed by atoms with van der Waals surface area (Å²) in [6, 6.07) is 15.7. The first-order valence-corrected chi connectivity index (χ1v) is 8.73. The van der Waals surface area contributed by atoms with Crippen LogP contribution in [0.25, 0.3) is 0 Å². The first-order chi connectivity index (χ1) is 11.2. The molecule has 0 aliphatic heterocycles. The zero-order chi connectivity index (χ0) is 18.2. The van der Waals surface area contributed by atoms with E-state index in [1.807, 2.05) is 18.2 Å². The molecule has 0 bridgehead atoms. The van der Waals surface area contributed by atoms with Crippen LogP contribution in [-0.4, -0.2) is 30.1 Å². The number of hydrogen-bond acceptors (Lipinski definition) is 4. The number of aliphatic carboxylic acids is 1. The second kappa shape index (κ2) is 9.17. The van der Waals surface area contributed by atoms with E-state index in [9.17, 15) is 13.2 Å². The van der Waals surface area contributed by atoms with Crippen LogP contribution >= 0.6 is 0 Å². The summed E-state index contributed by atoms with van der Waals surface area (Å²) in [5, 5.41) is 7.87. The minimum absolute atomic E-state index is 0.0639. The lowest BCUT2D eigenvalue weighted by Crippen LogP contribution is -2.25. The fourth-order valence-corrected chi connectivity index (χ4v) is 2.24. The van der Waals surface area contributed by atoms with Crippen LogP contribution < -0.4 is 5.73 Å². The molecule has 0 amide bonds. The van der Waals surface area contributed by atoms with E-state index >= 15 is 0 Å². The molecule has 0 fully saturated rings. The van der Waals surface area contributed by atoms with Crippen LogP contribution in [0.4, 0.5) is 0 Å². The number of carboxylic acid groups (broad SMARTS) is 1. The van der Waals surface area contributed by atoms with Crippen LogP contribution in [0.15, 0.2) is 59.5 Å². The highest BCUT2D eigenvalue weighted by atomic mass is 32.2. The Morgan fingerprint density at radius 3 is 1.79 bits per heavy atom. The van der Waals surface area contributed by atoms with Gasteiger partial charge in [0.05, 0.1) is 4.90 Å². The van der Waals surface area contributed by atoms with Crippen molar-refractivity contribution in [2.24, 2.45) is 5.73 Å². The topological polar surface area (TPSA) is 118 Å². The monoisotopic (exact) mass is 351 g/mol. The maximum atomic E-state index is 10.9. The largest absolute Gasteiger partial charge is 0.480 e. The predicted molar refractivity (Wildman–Crippen MR) is 91.4 cm³/mol. The van der Waals surface area contributed by atoms with Gasteiger partial charge < -0.3 is 10.8 Å². The van der Waals surface area contributed by atoms with Crippen LogP contribution in [0.2, 0.25) is 0 Å². The maximum absolute atomic E-state index is 10.9. The number of benzene rings is 2. The van der Waals surface area contributed by atoms with Gasteiger partial charge in [-0.25, -0.2) is 0 Å². The van der Waals surface area contributed by atoms with Crippen molar-refractivity contribution in [1.29, 1.82) is 0 Å². The maximum Gasteiger partial charge on any atom is 0.320 e. The zero-order valence-electron chi connectivity index (χ0n) is 13.3. The Morgan fingerprint density at radius 2 is 1.42 bits per heavy atom. The van der Waals surface area contributed by atoms with Crippen LogP contribution in [0.3, 0.4) is 0 Å². The Balaban J connectivity index is 0.000000413. The molecule has 2 rings (SSSR count). The first-order valence-electron chi connectivity index (χ1n) is 7.29. The molecular formula is C17H21NO5S. The predicted octanol–water partition coefficient (Wildman–Crippen LogP) is 2.14. The standard InChI is InChI=1S/C14H14O3S.C3H7NO2/c15-18(16,17)14-10-8-13(9-11-14)7-6-12-4-2-1-3-5-12;1-2(4)3(5)6/h1-5,8-11H,6-7H2,(H,15,16,17);2H,4H2,1H3,(H,5,6)/t;2-/m.0/s1. The summed E-state index contributed by atoms with van der Waals surface area (Å²) < 4.78 is 30.6. The van der Waals surface area contributed by atoms with Gasteiger partial charge in [-0.05, 0) is 43.0 Å². The van der Waals surface area contributed by atoms with Crippen molar-refractivity contribution in [2.75, 3.05) is 0 Å². The lowest BCUT2D eigenvalue weighted by Gasteiger charge is -2.03. The Morgan fingerprint density at radius 1 is 1.00 bits per heavy atom. The fraction of sp³-hybridized carbons (Fsp3) is 0.235. The zero-order valence-corrected chi connectivity index (χ0v) is 14.1. The van der Waals surface area contributed by atoms with E-state index < -0.39 is 22.1 Å². The molecule has 0 saturated heterocycles. The van der Waals surface area contributed by atoms with E-state index in [2.05, 4.69) is 12.1 Å². The molecule has 0 spiro atoms. The van der Waals surface area contributed by atoms with Crippen molar-refractivity contribution in [3.8, 4) is 0 Å². The molecule has 4 N–H and O–H groups in total. The summed E-state index contributed by atoms with van der Waals surface area (Å²) in [6.07, 6.45) is 1.75. The Bertz CT molecular complexity index is 740. The second-order valence-electron chi connectivity index (χ2n) is 5.23. The van der Waals surface area contributed by atoms with Gasteiger partial charge in [-0.15, -0.1) is 0 Å². The van der Waals surface area contributed by atoms with Gasteiger partial charge in [-0.3, -0.25) is 9.35 Å². The number of nitrogens with two attached hydrogens (primary N) is 1. The van der Waals surface area contributed by atoms with Crippen LogP contribution in [0.1, 0.15) is 18.1 Å². The average Bonchev–Trinajstić information content (AvgIpc) is 2.54.